The number of nitrogens with one attached hydrogen (secondary N) is 1. The number of ether oxygens (including phenoxy) is 1. The Hall–Kier alpha value is -1.15. The van der Waals surface area contributed by atoms with Crippen molar-refractivity contribution < 1.29 is 13.2 Å². The Balaban J connectivity index is 2.38. The van der Waals surface area contributed by atoms with Crippen LogP contribution < -0.4 is 10.5 Å². The van der Waals surface area contributed by atoms with Gasteiger partial charge in [0.2, 0.25) is 10.0 Å². The van der Waals surface area contributed by atoms with Crippen molar-refractivity contribution in [3.05, 3.63) is 24.3 Å². The average molecular weight is 287 g/mol. The molecule has 7 heteroatoms. The summed E-state index contributed by atoms with van der Waals surface area (Å²) in [4.78, 5) is 2.10. The monoisotopic (exact) mass is 287 g/mol. The fourth-order valence-corrected chi connectivity index (χ4v) is 2.54. The maximum atomic E-state index is 11.9. The molecule has 0 spiro atoms. The van der Waals surface area contributed by atoms with Gasteiger partial charge in [-0.3, -0.25) is 0 Å². The molecule has 0 radical (unpaired) electrons. The van der Waals surface area contributed by atoms with Crippen LogP contribution in [0.4, 0.5) is 5.69 Å². The summed E-state index contributed by atoms with van der Waals surface area (Å²) in [5.74, 6) is 0. The molecule has 1 aromatic rings. The molecule has 0 unspecified atom stereocenters. The van der Waals surface area contributed by atoms with E-state index < -0.39 is 10.0 Å². The zero-order valence-electron chi connectivity index (χ0n) is 11.3. The van der Waals surface area contributed by atoms with Crippen LogP contribution in [-0.4, -0.2) is 53.7 Å². The number of benzene rings is 1. The Bertz CT molecular complexity index is 489. The highest BCUT2D eigenvalue weighted by molar-refractivity contribution is 7.89. The summed E-state index contributed by atoms with van der Waals surface area (Å²) in [7, 11) is 0.337. The minimum atomic E-state index is -3.56. The molecule has 1 rings (SSSR count). The van der Waals surface area contributed by atoms with E-state index in [0.717, 1.165) is 6.54 Å². The van der Waals surface area contributed by atoms with Crippen molar-refractivity contribution in [1.82, 2.24) is 9.62 Å². The fraction of sp³-hybridized carbons (Fsp3) is 0.500. The lowest BCUT2D eigenvalue weighted by molar-refractivity contribution is 0.122. The molecule has 0 aliphatic carbocycles. The maximum absolute atomic E-state index is 11.9. The van der Waals surface area contributed by atoms with E-state index in [0.29, 0.717) is 13.2 Å². The molecule has 0 saturated carbocycles. The normalized spacial score (nSPS) is 11.9. The van der Waals surface area contributed by atoms with Gasteiger partial charge in [-0.2, -0.15) is 0 Å². The van der Waals surface area contributed by atoms with Crippen molar-refractivity contribution in [3.8, 4) is 0 Å². The van der Waals surface area contributed by atoms with Crippen LogP contribution in [0.1, 0.15) is 0 Å². The van der Waals surface area contributed by atoms with E-state index in [1.807, 2.05) is 19.0 Å². The van der Waals surface area contributed by atoms with Gasteiger partial charge in [-0.1, -0.05) is 12.1 Å². The number of rotatable bonds is 8. The summed E-state index contributed by atoms with van der Waals surface area (Å²) in [5, 5.41) is 0. The molecule has 0 bridgehead atoms. The van der Waals surface area contributed by atoms with E-state index in [4.69, 9.17) is 10.5 Å². The van der Waals surface area contributed by atoms with E-state index in [9.17, 15) is 8.42 Å². The number of hydrogen-bond acceptors (Lipinski definition) is 5. The molecular formula is C12H21N3O3S. The predicted octanol–water partition coefficient (Wildman–Crippen LogP) is 0.125. The molecule has 0 amide bonds. The molecule has 0 atom stereocenters. The Morgan fingerprint density at radius 1 is 1.26 bits per heavy atom. The van der Waals surface area contributed by atoms with Crippen molar-refractivity contribution in [2.75, 3.05) is 46.1 Å². The Labute approximate surface area is 114 Å². The number of likely N-dealkylation sites (N-methyl/N-ethyl adjacent to an activating group) is 1. The Morgan fingerprint density at radius 3 is 2.58 bits per heavy atom. The molecule has 0 saturated heterocycles. The first-order valence-corrected chi connectivity index (χ1v) is 7.48. The van der Waals surface area contributed by atoms with Crippen molar-refractivity contribution in [3.63, 3.8) is 0 Å². The van der Waals surface area contributed by atoms with Crippen LogP contribution in [0.3, 0.4) is 0 Å². The maximum Gasteiger partial charge on any atom is 0.242 e. The third kappa shape index (κ3) is 5.56. The lowest BCUT2D eigenvalue weighted by atomic mass is 10.3. The highest BCUT2D eigenvalue weighted by Crippen LogP contribution is 2.16. The first-order chi connectivity index (χ1) is 8.93. The van der Waals surface area contributed by atoms with Gasteiger partial charge in [0.05, 0.1) is 18.9 Å². The SMILES string of the molecule is CN(C)CCOCCNS(=O)(=O)c1ccccc1N. The van der Waals surface area contributed by atoms with E-state index >= 15 is 0 Å². The van der Waals surface area contributed by atoms with E-state index in [1.54, 1.807) is 18.2 Å². The number of anilines is 1. The van der Waals surface area contributed by atoms with Gasteiger partial charge in [-0.05, 0) is 26.2 Å². The van der Waals surface area contributed by atoms with Crippen LogP contribution in [0.25, 0.3) is 0 Å². The lowest BCUT2D eigenvalue weighted by Crippen LogP contribution is -2.29. The van der Waals surface area contributed by atoms with Gasteiger partial charge < -0.3 is 15.4 Å². The lowest BCUT2D eigenvalue weighted by Gasteiger charge is -2.11. The summed E-state index contributed by atoms with van der Waals surface area (Å²) in [6.07, 6.45) is 0. The van der Waals surface area contributed by atoms with Gasteiger partial charge in [-0.15, -0.1) is 0 Å². The minimum absolute atomic E-state index is 0.100. The summed E-state index contributed by atoms with van der Waals surface area (Å²) >= 11 is 0. The van der Waals surface area contributed by atoms with Gasteiger partial charge in [-0.25, -0.2) is 13.1 Å². The highest BCUT2D eigenvalue weighted by Gasteiger charge is 2.15. The van der Waals surface area contributed by atoms with Gasteiger partial charge >= 0.3 is 0 Å². The third-order valence-corrected chi connectivity index (χ3v) is 3.96. The van der Waals surface area contributed by atoms with Gasteiger partial charge in [0.1, 0.15) is 4.90 Å². The van der Waals surface area contributed by atoms with Gasteiger partial charge in [0.15, 0.2) is 0 Å². The second-order valence-corrected chi connectivity index (χ2v) is 6.09. The number of nitrogens with two attached hydrogens (primary N) is 1. The molecule has 0 aliphatic heterocycles. The number of sulfonamides is 1. The standard InChI is InChI=1S/C12H21N3O3S/c1-15(2)8-10-18-9-7-14-19(16,17)12-6-4-3-5-11(12)13/h3-6,14H,7-10,13H2,1-2H3. The second-order valence-electron chi connectivity index (χ2n) is 4.35. The average Bonchev–Trinajstić information content (AvgIpc) is 2.33. The van der Waals surface area contributed by atoms with E-state index in [2.05, 4.69) is 4.72 Å². The van der Waals surface area contributed by atoms with Crippen LogP contribution in [0.5, 0.6) is 0 Å². The summed E-state index contributed by atoms with van der Waals surface area (Å²) in [6, 6.07) is 6.37. The minimum Gasteiger partial charge on any atom is -0.398 e. The molecule has 3 N–H and O–H groups in total. The third-order valence-electron chi connectivity index (χ3n) is 2.43. The topological polar surface area (TPSA) is 84.7 Å². The molecular weight excluding hydrogens is 266 g/mol. The zero-order chi connectivity index (χ0) is 14.3. The summed E-state index contributed by atoms with van der Waals surface area (Å²) in [5.41, 5.74) is 5.88. The molecule has 1 aromatic carbocycles. The summed E-state index contributed by atoms with van der Waals surface area (Å²) in [6.45, 7) is 1.94. The molecule has 0 heterocycles. The van der Waals surface area contributed by atoms with Gasteiger partial charge in [0, 0.05) is 13.1 Å². The zero-order valence-corrected chi connectivity index (χ0v) is 12.1. The predicted molar refractivity (Wildman–Crippen MR) is 75.4 cm³/mol. The first kappa shape index (κ1) is 15.9. The smallest absolute Gasteiger partial charge is 0.242 e. The van der Waals surface area contributed by atoms with Crippen LogP contribution in [0.15, 0.2) is 29.2 Å². The van der Waals surface area contributed by atoms with Crippen molar-refractivity contribution in [1.29, 1.82) is 0 Å². The number of para-hydroxylation sites is 1. The van der Waals surface area contributed by atoms with Crippen LogP contribution in [-0.2, 0) is 14.8 Å². The van der Waals surface area contributed by atoms with Crippen LogP contribution in [0.2, 0.25) is 0 Å². The largest absolute Gasteiger partial charge is 0.398 e. The molecule has 6 nitrogen and oxygen atoms in total. The van der Waals surface area contributed by atoms with Crippen LogP contribution >= 0.6 is 0 Å². The Kier molecular flexibility index (Phi) is 6.23. The first-order valence-electron chi connectivity index (χ1n) is 6.00. The number of nitrogens with zero attached hydrogens (tertiary/aromatic N) is 1. The van der Waals surface area contributed by atoms with Gasteiger partial charge in [0.25, 0.3) is 0 Å². The van der Waals surface area contributed by atoms with Crippen molar-refractivity contribution in [2.24, 2.45) is 0 Å². The highest BCUT2D eigenvalue weighted by atomic mass is 32.2. The van der Waals surface area contributed by atoms with Crippen molar-refractivity contribution in [2.45, 2.75) is 4.90 Å². The number of hydrogen-bond donors (Lipinski definition) is 2. The molecule has 19 heavy (non-hydrogen) atoms. The molecule has 0 fully saturated rings. The molecule has 0 aromatic heterocycles. The number of nitrogen functional groups attached to an aromatic ring is 1. The molecule has 108 valence electrons. The second kappa shape index (κ2) is 7.44. The summed E-state index contributed by atoms with van der Waals surface area (Å²) < 4.78 is 31.6. The quantitative estimate of drug-likeness (QED) is 0.524. The van der Waals surface area contributed by atoms with E-state index in [-0.39, 0.29) is 17.1 Å². The van der Waals surface area contributed by atoms with Crippen LogP contribution in [0, 0.1) is 0 Å². The molecule has 0 aliphatic rings. The van der Waals surface area contributed by atoms with E-state index in [1.165, 1.54) is 6.07 Å². The fourth-order valence-electron chi connectivity index (χ4n) is 1.40. The Morgan fingerprint density at radius 2 is 1.95 bits per heavy atom. The van der Waals surface area contributed by atoms with Crippen molar-refractivity contribution >= 4 is 15.7 Å².